The van der Waals surface area contributed by atoms with Gasteiger partial charge < -0.3 is 15.6 Å². The van der Waals surface area contributed by atoms with Gasteiger partial charge in [0.1, 0.15) is 5.82 Å². The van der Waals surface area contributed by atoms with E-state index in [2.05, 4.69) is 31.5 Å². The van der Waals surface area contributed by atoms with Gasteiger partial charge in [-0.2, -0.15) is 13.2 Å². The highest BCUT2D eigenvalue weighted by Crippen LogP contribution is 2.30. The molecule has 138 valence electrons. The molecule has 0 radical (unpaired) electrons. The number of benzene rings is 2. The lowest BCUT2D eigenvalue weighted by Gasteiger charge is -2.06. The van der Waals surface area contributed by atoms with Crippen molar-refractivity contribution in [1.82, 2.24) is 4.98 Å². The highest BCUT2D eigenvalue weighted by Gasteiger charge is 2.29. The Bertz CT molecular complexity index is 891. The zero-order chi connectivity index (χ0) is 19.3. The van der Waals surface area contributed by atoms with Gasteiger partial charge in [0.25, 0.3) is 0 Å². The Morgan fingerprint density at radius 3 is 2.35 bits per heavy atom. The summed E-state index contributed by atoms with van der Waals surface area (Å²) < 4.78 is 49.6. The zero-order valence-electron chi connectivity index (χ0n) is 13.4. The third kappa shape index (κ3) is 4.75. The molecule has 0 aliphatic heterocycles. The molecule has 26 heavy (non-hydrogen) atoms. The molecule has 9 heteroatoms. The number of nitrogens with one attached hydrogen (secondary N) is 3. The Hall–Kier alpha value is -2.55. The predicted molar refractivity (Wildman–Crippen MR) is 96.6 cm³/mol. The van der Waals surface area contributed by atoms with Crippen molar-refractivity contribution in [1.29, 1.82) is 0 Å². The van der Waals surface area contributed by atoms with Gasteiger partial charge in [-0.1, -0.05) is 0 Å². The summed E-state index contributed by atoms with van der Waals surface area (Å²) >= 11 is 3.15. The minimum Gasteiger partial charge on any atom is -0.386 e. The van der Waals surface area contributed by atoms with E-state index in [0.717, 1.165) is 28.7 Å². The van der Waals surface area contributed by atoms with Crippen LogP contribution in [0, 0.1) is 5.82 Å². The van der Waals surface area contributed by atoms with E-state index in [1.165, 1.54) is 18.2 Å². The monoisotopic (exact) mass is 431 g/mol. The number of hydrogen-bond acceptors (Lipinski definition) is 2. The molecule has 1 heterocycles. The molecule has 0 fully saturated rings. The molecule has 2 aromatic carbocycles. The van der Waals surface area contributed by atoms with Gasteiger partial charge in [-0.3, -0.25) is 4.79 Å². The number of aromatic nitrogens is 1. The Morgan fingerprint density at radius 1 is 1.15 bits per heavy atom. The van der Waals surface area contributed by atoms with Crippen molar-refractivity contribution in [2.45, 2.75) is 6.18 Å². The fraction of sp³-hybridized carbons (Fsp3) is 0.118. The number of anilines is 2. The molecule has 0 spiro atoms. The van der Waals surface area contributed by atoms with Crippen LogP contribution in [0.4, 0.5) is 28.9 Å². The van der Waals surface area contributed by atoms with Crippen LogP contribution in [0.1, 0.15) is 5.56 Å². The van der Waals surface area contributed by atoms with Crippen molar-refractivity contribution in [3.05, 3.63) is 58.4 Å². The largest absolute Gasteiger partial charge is 0.416 e. The highest BCUT2D eigenvalue weighted by molar-refractivity contribution is 9.10. The van der Waals surface area contributed by atoms with Crippen LogP contribution in [0.25, 0.3) is 10.9 Å². The minimum atomic E-state index is -4.33. The number of amides is 1. The molecular weight excluding hydrogens is 418 g/mol. The molecule has 0 atom stereocenters. The van der Waals surface area contributed by atoms with E-state index >= 15 is 0 Å². The van der Waals surface area contributed by atoms with Crippen LogP contribution in [-0.4, -0.2) is 18.4 Å². The van der Waals surface area contributed by atoms with Crippen LogP contribution in [0.15, 0.2) is 47.1 Å². The molecule has 0 saturated heterocycles. The average Bonchev–Trinajstić information content (AvgIpc) is 2.98. The second-order valence-electron chi connectivity index (χ2n) is 5.10. The Kier molecular flexibility index (Phi) is 6.25. The molecule has 1 aromatic heterocycles. The van der Waals surface area contributed by atoms with Gasteiger partial charge >= 0.3 is 6.18 Å². The van der Waals surface area contributed by atoms with Crippen molar-refractivity contribution in [3.8, 4) is 0 Å². The van der Waals surface area contributed by atoms with Crippen molar-refractivity contribution in [3.63, 3.8) is 0 Å². The maximum Gasteiger partial charge on any atom is 0.416 e. The summed E-state index contributed by atoms with van der Waals surface area (Å²) in [7, 11) is 1.83. The smallest absolute Gasteiger partial charge is 0.386 e. The minimum absolute atomic E-state index is 0.253. The third-order valence-corrected chi connectivity index (χ3v) is 4.04. The topological polar surface area (TPSA) is 56.9 Å². The van der Waals surface area contributed by atoms with Crippen molar-refractivity contribution in [2.75, 3.05) is 17.7 Å². The summed E-state index contributed by atoms with van der Waals surface area (Å²) in [4.78, 5) is 12.9. The summed E-state index contributed by atoms with van der Waals surface area (Å²) in [5.74, 6) is -0.253. The Balaban J connectivity index is 0.000000187. The summed E-state index contributed by atoms with van der Waals surface area (Å²) in [5, 5.41) is 6.24. The van der Waals surface area contributed by atoms with Crippen molar-refractivity contribution < 1.29 is 22.4 Å². The maximum absolute atomic E-state index is 13.1. The first kappa shape index (κ1) is 19.8. The number of aromatic amines is 1. The zero-order valence-corrected chi connectivity index (χ0v) is 15.0. The van der Waals surface area contributed by atoms with Crippen LogP contribution in [0.5, 0.6) is 0 Å². The second-order valence-corrected chi connectivity index (χ2v) is 5.96. The lowest BCUT2D eigenvalue weighted by molar-refractivity contribution is -0.137. The number of halogens is 5. The lowest BCUT2D eigenvalue weighted by atomic mass is 10.2. The van der Waals surface area contributed by atoms with Crippen LogP contribution in [-0.2, 0) is 11.0 Å². The molecule has 3 rings (SSSR count). The fourth-order valence-electron chi connectivity index (χ4n) is 2.15. The molecule has 0 unspecified atom stereocenters. The van der Waals surface area contributed by atoms with Gasteiger partial charge in [-0.05, 0) is 52.3 Å². The summed E-state index contributed by atoms with van der Waals surface area (Å²) in [5.41, 5.74) is 1.37. The van der Waals surface area contributed by atoms with E-state index in [4.69, 9.17) is 0 Å². The van der Waals surface area contributed by atoms with E-state index in [0.29, 0.717) is 16.6 Å². The molecule has 1 amide bonds. The molecule has 0 aliphatic rings. The van der Waals surface area contributed by atoms with E-state index in [-0.39, 0.29) is 5.82 Å². The van der Waals surface area contributed by atoms with Gasteiger partial charge in [0.05, 0.1) is 21.2 Å². The number of rotatable bonds is 3. The molecule has 4 nitrogen and oxygen atoms in total. The predicted octanol–water partition coefficient (Wildman–Crippen LogP) is 5.38. The first-order valence-electron chi connectivity index (χ1n) is 7.27. The molecular formula is C17H14BrF4N3O. The summed E-state index contributed by atoms with van der Waals surface area (Å²) in [6.07, 6.45) is -2.11. The molecule has 0 bridgehead atoms. The van der Waals surface area contributed by atoms with Crippen molar-refractivity contribution in [2.24, 2.45) is 0 Å². The number of hydrogen-bond donors (Lipinski definition) is 3. The van der Waals surface area contributed by atoms with Crippen molar-refractivity contribution >= 4 is 44.6 Å². The van der Waals surface area contributed by atoms with E-state index in [9.17, 15) is 22.4 Å². The standard InChI is InChI=1S/C9H8BrFN2.C8H6F3NO/c1-12-9-4-13-8-3-7(11)6(10)2-5(8)9;9-8(10,11)6-1-3-7(4-2-6)12-5-13/h2-4,12-13H,1H3;1-5H,(H,12,13). The maximum atomic E-state index is 13.1. The van der Waals surface area contributed by atoms with Crippen LogP contribution in [0.3, 0.4) is 0 Å². The Morgan fingerprint density at radius 2 is 1.81 bits per heavy atom. The van der Waals surface area contributed by atoms with E-state index in [1.807, 2.05) is 13.2 Å². The number of carbonyl (C=O) groups excluding carboxylic acids is 1. The highest BCUT2D eigenvalue weighted by atomic mass is 79.9. The third-order valence-electron chi connectivity index (χ3n) is 3.43. The average molecular weight is 432 g/mol. The molecule has 0 aliphatic carbocycles. The first-order chi connectivity index (χ1) is 12.3. The van der Waals surface area contributed by atoms with Gasteiger partial charge in [0.15, 0.2) is 0 Å². The van der Waals surface area contributed by atoms with E-state index in [1.54, 1.807) is 6.07 Å². The fourth-order valence-corrected chi connectivity index (χ4v) is 2.49. The molecule has 0 saturated carbocycles. The van der Waals surface area contributed by atoms with Crippen LogP contribution < -0.4 is 10.6 Å². The number of alkyl halides is 3. The molecule has 3 N–H and O–H groups in total. The van der Waals surface area contributed by atoms with Gasteiger partial charge in [-0.15, -0.1) is 0 Å². The molecule has 3 aromatic rings. The van der Waals surface area contributed by atoms with Gasteiger partial charge in [0.2, 0.25) is 6.41 Å². The number of carbonyl (C=O) groups is 1. The number of H-pyrrole nitrogens is 1. The second kappa shape index (κ2) is 8.22. The summed E-state index contributed by atoms with van der Waals surface area (Å²) in [6, 6.07) is 7.43. The first-order valence-corrected chi connectivity index (χ1v) is 8.07. The quantitative estimate of drug-likeness (QED) is 0.384. The number of fused-ring (bicyclic) bond motifs is 1. The van der Waals surface area contributed by atoms with Crippen LogP contribution in [0.2, 0.25) is 0 Å². The summed E-state index contributed by atoms with van der Waals surface area (Å²) in [6.45, 7) is 0. The lowest BCUT2D eigenvalue weighted by Crippen LogP contribution is -2.04. The van der Waals surface area contributed by atoms with E-state index < -0.39 is 11.7 Å². The SMILES string of the molecule is CNc1c[nH]c2cc(F)c(Br)cc12.O=CNc1ccc(C(F)(F)F)cc1. The van der Waals surface area contributed by atoms with Gasteiger partial charge in [-0.25, -0.2) is 4.39 Å². The Labute approximate surface area is 154 Å². The van der Waals surface area contributed by atoms with Gasteiger partial charge in [0, 0.05) is 24.3 Å². The normalized spacial score (nSPS) is 10.8. The van der Waals surface area contributed by atoms with Crippen LogP contribution >= 0.6 is 15.9 Å².